The second-order valence-corrected chi connectivity index (χ2v) is 10.3. The molecule has 1 aliphatic heterocycles. The Balaban J connectivity index is 1.38. The largest absolute Gasteiger partial charge is 0.352 e. The first-order valence-electron chi connectivity index (χ1n) is 13.6. The Morgan fingerprint density at radius 2 is 1.78 bits per heavy atom. The molecule has 0 N–H and O–H groups in total. The summed E-state index contributed by atoms with van der Waals surface area (Å²) in [5.74, 6) is 2.46. The lowest BCUT2D eigenvalue weighted by Gasteiger charge is -2.36. The van der Waals surface area contributed by atoms with Crippen LogP contribution in [0.25, 0.3) is 16.7 Å². The van der Waals surface area contributed by atoms with Crippen LogP contribution >= 0.6 is 0 Å². The van der Waals surface area contributed by atoms with Crippen molar-refractivity contribution in [1.82, 2.24) is 24.6 Å². The Morgan fingerprint density at radius 3 is 2.47 bits per heavy atom. The summed E-state index contributed by atoms with van der Waals surface area (Å²) in [4.78, 5) is 27.1. The van der Waals surface area contributed by atoms with Crippen LogP contribution in [0.15, 0.2) is 24.3 Å². The van der Waals surface area contributed by atoms with E-state index in [9.17, 15) is 9.18 Å². The molecule has 0 bridgehead atoms. The Hall–Kier alpha value is -3.03. The molecule has 7 nitrogen and oxygen atoms in total. The lowest BCUT2D eigenvalue weighted by molar-refractivity contribution is -0.131. The lowest BCUT2D eigenvalue weighted by atomic mass is 10.0. The second kappa shape index (κ2) is 10.9. The van der Waals surface area contributed by atoms with Gasteiger partial charge in [0.1, 0.15) is 17.5 Å². The molecule has 192 valence electrons. The number of aryl methyl sites for hydroxylation is 2. The summed E-state index contributed by atoms with van der Waals surface area (Å²) in [5, 5.41) is 5.70. The SMILES string of the molecule is CCCCc1nc(N2CCN(C(=O)CCC3CCCC3)CC2)c2c(C)nn(-c3ccc(F)cc3)c2n1. The summed E-state index contributed by atoms with van der Waals surface area (Å²) < 4.78 is 15.4. The molecule has 5 rings (SSSR count). The van der Waals surface area contributed by atoms with Gasteiger partial charge in [-0.25, -0.2) is 19.0 Å². The number of fused-ring (bicyclic) bond motifs is 1. The molecule has 1 aromatic carbocycles. The van der Waals surface area contributed by atoms with Gasteiger partial charge in [0.05, 0.1) is 16.8 Å². The number of benzene rings is 1. The zero-order valence-corrected chi connectivity index (χ0v) is 21.5. The summed E-state index contributed by atoms with van der Waals surface area (Å²) in [6, 6.07) is 6.35. The van der Waals surface area contributed by atoms with Crippen molar-refractivity contribution in [2.75, 3.05) is 31.1 Å². The normalized spacial score (nSPS) is 16.9. The average Bonchev–Trinajstić information content (AvgIpc) is 3.54. The van der Waals surface area contributed by atoms with E-state index >= 15 is 0 Å². The Labute approximate surface area is 212 Å². The topological polar surface area (TPSA) is 67.2 Å². The van der Waals surface area contributed by atoms with E-state index < -0.39 is 0 Å². The standard InChI is InChI=1S/C28H37FN6O/c1-3-4-9-24-30-27(26-20(2)32-35(28(26)31-24)23-13-11-22(29)12-14-23)34-18-16-33(17-19-34)25(36)15-10-21-7-5-6-8-21/h11-14,21H,3-10,15-19H2,1-2H3. The van der Waals surface area contributed by atoms with Crippen molar-refractivity contribution in [3.8, 4) is 5.69 Å². The van der Waals surface area contributed by atoms with Crippen LogP contribution in [0.5, 0.6) is 0 Å². The third kappa shape index (κ3) is 5.22. The van der Waals surface area contributed by atoms with Gasteiger partial charge in [0.2, 0.25) is 5.91 Å². The van der Waals surface area contributed by atoms with E-state index in [0.717, 1.165) is 78.7 Å². The third-order valence-corrected chi connectivity index (χ3v) is 7.73. The maximum Gasteiger partial charge on any atom is 0.222 e. The lowest BCUT2D eigenvalue weighted by Crippen LogP contribution is -2.49. The Morgan fingerprint density at radius 1 is 1.06 bits per heavy atom. The van der Waals surface area contributed by atoms with Gasteiger partial charge in [-0.2, -0.15) is 5.10 Å². The highest BCUT2D eigenvalue weighted by Crippen LogP contribution is 2.31. The van der Waals surface area contributed by atoms with Crippen molar-refractivity contribution >= 4 is 22.8 Å². The quantitative estimate of drug-likeness (QED) is 0.431. The first-order valence-corrected chi connectivity index (χ1v) is 13.6. The Kier molecular flexibility index (Phi) is 7.48. The van der Waals surface area contributed by atoms with Crippen LogP contribution in [0.3, 0.4) is 0 Å². The van der Waals surface area contributed by atoms with E-state index in [1.165, 1.54) is 37.8 Å². The van der Waals surface area contributed by atoms with Crippen LogP contribution in [0.4, 0.5) is 10.2 Å². The number of piperazine rings is 1. The molecule has 2 fully saturated rings. The minimum Gasteiger partial charge on any atom is -0.352 e. The summed E-state index contributed by atoms with van der Waals surface area (Å²) >= 11 is 0. The Bertz CT molecular complexity index is 1190. The molecule has 2 aliphatic rings. The molecule has 0 atom stereocenters. The maximum absolute atomic E-state index is 13.6. The predicted molar refractivity (Wildman–Crippen MR) is 140 cm³/mol. The number of unbranched alkanes of at least 4 members (excludes halogenated alkanes) is 1. The number of aromatic nitrogens is 4. The number of anilines is 1. The molecule has 36 heavy (non-hydrogen) atoms. The van der Waals surface area contributed by atoms with Gasteiger partial charge in [-0.3, -0.25) is 4.79 Å². The molecule has 1 saturated carbocycles. The first-order chi connectivity index (χ1) is 17.5. The summed E-state index contributed by atoms with van der Waals surface area (Å²) in [6.07, 6.45) is 9.80. The molecule has 2 aromatic heterocycles. The summed E-state index contributed by atoms with van der Waals surface area (Å²) in [6.45, 7) is 7.05. The molecule has 0 spiro atoms. The summed E-state index contributed by atoms with van der Waals surface area (Å²) in [5.41, 5.74) is 2.38. The van der Waals surface area contributed by atoms with E-state index in [1.807, 2.05) is 11.8 Å². The van der Waals surface area contributed by atoms with Crippen molar-refractivity contribution < 1.29 is 9.18 Å². The van der Waals surface area contributed by atoms with Crippen LogP contribution < -0.4 is 4.90 Å². The van der Waals surface area contributed by atoms with Gasteiger partial charge in [-0.05, 0) is 49.9 Å². The molecule has 1 saturated heterocycles. The van der Waals surface area contributed by atoms with Crippen molar-refractivity contribution in [3.63, 3.8) is 0 Å². The molecule has 0 radical (unpaired) electrons. The molecule has 3 aromatic rings. The number of carbonyl (C=O) groups is 1. The monoisotopic (exact) mass is 492 g/mol. The molecule has 1 aliphatic carbocycles. The number of rotatable bonds is 8. The highest BCUT2D eigenvalue weighted by molar-refractivity contribution is 5.91. The number of carbonyl (C=O) groups excluding carboxylic acids is 1. The molecular formula is C28H37FN6O. The highest BCUT2D eigenvalue weighted by Gasteiger charge is 2.27. The van der Waals surface area contributed by atoms with Crippen LogP contribution in [-0.4, -0.2) is 56.7 Å². The molecular weight excluding hydrogens is 455 g/mol. The van der Waals surface area contributed by atoms with Gasteiger partial charge >= 0.3 is 0 Å². The van der Waals surface area contributed by atoms with Crippen LogP contribution in [0.2, 0.25) is 0 Å². The third-order valence-electron chi connectivity index (χ3n) is 7.73. The van der Waals surface area contributed by atoms with Crippen LogP contribution in [-0.2, 0) is 11.2 Å². The van der Waals surface area contributed by atoms with Crippen molar-refractivity contribution in [3.05, 3.63) is 41.6 Å². The molecule has 8 heteroatoms. The average molecular weight is 493 g/mol. The fourth-order valence-corrected chi connectivity index (χ4v) is 5.60. The van der Waals surface area contributed by atoms with Gasteiger partial charge in [-0.15, -0.1) is 0 Å². The van der Waals surface area contributed by atoms with Gasteiger partial charge in [0.15, 0.2) is 5.65 Å². The highest BCUT2D eigenvalue weighted by atomic mass is 19.1. The molecule has 3 heterocycles. The number of amides is 1. The van der Waals surface area contributed by atoms with Gasteiger partial charge in [0.25, 0.3) is 0 Å². The maximum atomic E-state index is 13.6. The van der Waals surface area contributed by atoms with Crippen molar-refractivity contribution in [1.29, 1.82) is 0 Å². The van der Waals surface area contributed by atoms with Crippen molar-refractivity contribution in [2.24, 2.45) is 5.92 Å². The summed E-state index contributed by atoms with van der Waals surface area (Å²) in [7, 11) is 0. The van der Waals surface area contributed by atoms with E-state index in [4.69, 9.17) is 15.1 Å². The smallest absolute Gasteiger partial charge is 0.222 e. The van der Waals surface area contributed by atoms with E-state index in [0.29, 0.717) is 25.4 Å². The van der Waals surface area contributed by atoms with Crippen LogP contribution in [0.1, 0.15) is 69.8 Å². The molecule has 0 unspecified atom stereocenters. The van der Waals surface area contributed by atoms with Gasteiger partial charge in [-0.1, -0.05) is 39.0 Å². The predicted octanol–water partition coefficient (Wildman–Crippen LogP) is 5.22. The number of halogens is 1. The van der Waals surface area contributed by atoms with Gasteiger partial charge < -0.3 is 9.80 Å². The van der Waals surface area contributed by atoms with E-state index in [1.54, 1.807) is 16.8 Å². The zero-order valence-electron chi connectivity index (χ0n) is 21.5. The van der Waals surface area contributed by atoms with Crippen LogP contribution in [0, 0.1) is 18.7 Å². The number of hydrogen-bond acceptors (Lipinski definition) is 5. The first kappa shape index (κ1) is 24.7. The molecule has 1 amide bonds. The minimum atomic E-state index is -0.276. The number of hydrogen-bond donors (Lipinski definition) is 0. The fourth-order valence-electron chi connectivity index (χ4n) is 5.60. The fraction of sp³-hybridized carbons (Fsp3) is 0.571. The minimum absolute atomic E-state index is 0.276. The van der Waals surface area contributed by atoms with Gasteiger partial charge in [0, 0.05) is 39.0 Å². The second-order valence-electron chi connectivity index (χ2n) is 10.3. The number of nitrogens with zero attached hydrogens (tertiary/aromatic N) is 6. The van der Waals surface area contributed by atoms with E-state index in [2.05, 4.69) is 11.8 Å². The van der Waals surface area contributed by atoms with E-state index in [-0.39, 0.29) is 5.82 Å². The van der Waals surface area contributed by atoms with Crippen molar-refractivity contribution in [2.45, 2.75) is 71.6 Å². The zero-order chi connectivity index (χ0) is 25.1.